The van der Waals surface area contributed by atoms with Crippen molar-refractivity contribution in [3.63, 3.8) is 0 Å². The van der Waals surface area contributed by atoms with Crippen LogP contribution >= 0.6 is 23.4 Å². The van der Waals surface area contributed by atoms with Gasteiger partial charge < -0.3 is 5.11 Å². The predicted molar refractivity (Wildman–Crippen MR) is 77.3 cm³/mol. The van der Waals surface area contributed by atoms with Gasteiger partial charge in [-0.1, -0.05) is 11.6 Å². The van der Waals surface area contributed by atoms with Crippen LogP contribution in [0.15, 0.2) is 23.4 Å². The third-order valence-corrected chi connectivity index (χ3v) is 3.80. The molecule has 0 unspecified atom stereocenters. The molecule has 1 N–H and O–H groups in total. The molecule has 0 bridgehead atoms. The number of aryl methyl sites for hydroxylation is 2. The van der Waals surface area contributed by atoms with Crippen molar-refractivity contribution < 1.29 is 9.90 Å². The van der Waals surface area contributed by atoms with Crippen LogP contribution in [0.3, 0.4) is 0 Å². The van der Waals surface area contributed by atoms with Gasteiger partial charge in [0.1, 0.15) is 21.6 Å². The van der Waals surface area contributed by atoms with Gasteiger partial charge in [0.2, 0.25) is 0 Å². The summed E-state index contributed by atoms with van der Waals surface area (Å²) in [5.74, 6) is 0.110. The summed E-state index contributed by atoms with van der Waals surface area (Å²) in [5.41, 5.74) is 1.58. The number of thioether (sulfide) groups is 1. The van der Waals surface area contributed by atoms with Crippen LogP contribution in [0.25, 0.3) is 0 Å². The van der Waals surface area contributed by atoms with E-state index in [1.165, 1.54) is 11.8 Å². The Kier molecular flexibility index (Phi) is 4.57. The fourth-order valence-electron chi connectivity index (χ4n) is 1.72. The van der Waals surface area contributed by atoms with Crippen LogP contribution in [0.2, 0.25) is 5.15 Å². The lowest BCUT2D eigenvalue weighted by atomic mass is 10.2. The van der Waals surface area contributed by atoms with Gasteiger partial charge in [-0.2, -0.15) is 0 Å². The number of rotatable bonds is 4. The van der Waals surface area contributed by atoms with Crippen molar-refractivity contribution >= 4 is 29.3 Å². The molecule has 2 heterocycles. The summed E-state index contributed by atoms with van der Waals surface area (Å²) in [6, 6.07) is 3.58. The van der Waals surface area contributed by atoms with E-state index in [2.05, 4.69) is 15.0 Å². The molecular formula is C13H12ClN3O2S. The highest BCUT2D eigenvalue weighted by Crippen LogP contribution is 2.26. The second-order valence-electron chi connectivity index (χ2n) is 4.12. The lowest BCUT2D eigenvalue weighted by Crippen LogP contribution is -2.08. The van der Waals surface area contributed by atoms with Crippen LogP contribution in [0.5, 0.6) is 0 Å². The Morgan fingerprint density at radius 3 is 2.80 bits per heavy atom. The van der Waals surface area contributed by atoms with Gasteiger partial charge in [-0.15, -0.1) is 11.8 Å². The third kappa shape index (κ3) is 3.46. The van der Waals surface area contributed by atoms with Crippen LogP contribution < -0.4 is 0 Å². The molecule has 0 fully saturated rings. The molecule has 7 heteroatoms. The Bertz CT molecular complexity index is 664. The van der Waals surface area contributed by atoms with Gasteiger partial charge in [0.05, 0.1) is 5.69 Å². The molecule has 0 spiro atoms. The van der Waals surface area contributed by atoms with Gasteiger partial charge in [-0.3, -0.25) is 0 Å². The number of hydrogen-bond acceptors (Lipinski definition) is 5. The SMILES string of the molecule is Cc1nc(C)c(C(=O)O)c(SCc2ccnc(Cl)c2)n1. The molecule has 0 aliphatic rings. The van der Waals surface area contributed by atoms with Gasteiger partial charge in [-0.05, 0) is 31.5 Å². The van der Waals surface area contributed by atoms with Crippen molar-refractivity contribution in [2.24, 2.45) is 0 Å². The second kappa shape index (κ2) is 6.19. The molecule has 5 nitrogen and oxygen atoms in total. The fourth-order valence-corrected chi connectivity index (χ4v) is 2.97. The van der Waals surface area contributed by atoms with Gasteiger partial charge in [-0.25, -0.2) is 19.7 Å². The first-order valence-electron chi connectivity index (χ1n) is 5.79. The van der Waals surface area contributed by atoms with Crippen LogP contribution in [0.4, 0.5) is 0 Å². The minimum absolute atomic E-state index is 0.153. The van der Waals surface area contributed by atoms with Crippen LogP contribution in [0.1, 0.15) is 27.4 Å². The summed E-state index contributed by atoms with van der Waals surface area (Å²) >= 11 is 7.17. The van der Waals surface area contributed by atoms with Gasteiger partial charge in [0.25, 0.3) is 0 Å². The second-order valence-corrected chi connectivity index (χ2v) is 5.47. The van der Waals surface area contributed by atoms with Gasteiger partial charge >= 0.3 is 5.97 Å². The van der Waals surface area contributed by atoms with Crippen LogP contribution in [-0.4, -0.2) is 26.0 Å². The van der Waals surface area contributed by atoms with Crippen LogP contribution in [0, 0.1) is 13.8 Å². The number of carboxylic acids is 1. The monoisotopic (exact) mass is 309 g/mol. The van der Waals surface area contributed by atoms with E-state index >= 15 is 0 Å². The quantitative estimate of drug-likeness (QED) is 0.531. The van der Waals surface area contributed by atoms with Crippen molar-refractivity contribution in [3.8, 4) is 0 Å². The molecule has 2 aromatic rings. The molecule has 0 radical (unpaired) electrons. The molecular weight excluding hydrogens is 298 g/mol. The predicted octanol–water partition coefficient (Wildman–Crippen LogP) is 3.13. The minimum Gasteiger partial charge on any atom is -0.478 e. The van der Waals surface area contributed by atoms with Crippen molar-refractivity contribution in [1.82, 2.24) is 15.0 Å². The summed E-state index contributed by atoms with van der Waals surface area (Å²) < 4.78 is 0. The van der Waals surface area contributed by atoms with E-state index in [1.807, 2.05) is 6.07 Å². The highest BCUT2D eigenvalue weighted by Gasteiger charge is 2.17. The molecule has 0 saturated carbocycles. The van der Waals surface area contributed by atoms with E-state index in [0.717, 1.165) is 5.56 Å². The Balaban J connectivity index is 2.27. The van der Waals surface area contributed by atoms with Gasteiger partial charge in [0, 0.05) is 11.9 Å². The molecule has 0 aliphatic carbocycles. The van der Waals surface area contributed by atoms with E-state index in [4.69, 9.17) is 11.6 Å². The number of nitrogens with zero attached hydrogens (tertiary/aromatic N) is 3. The maximum absolute atomic E-state index is 11.3. The highest BCUT2D eigenvalue weighted by atomic mass is 35.5. The molecule has 0 atom stereocenters. The zero-order valence-corrected chi connectivity index (χ0v) is 12.5. The highest BCUT2D eigenvalue weighted by molar-refractivity contribution is 7.98. The summed E-state index contributed by atoms with van der Waals surface area (Å²) in [5, 5.41) is 10.1. The number of carboxylic acid groups (broad SMARTS) is 1. The van der Waals surface area contributed by atoms with E-state index in [-0.39, 0.29) is 5.56 Å². The van der Waals surface area contributed by atoms with E-state index in [9.17, 15) is 9.90 Å². The fraction of sp³-hybridized carbons (Fsp3) is 0.231. The first-order valence-corrected chi connectivity index (χ1v) is 7.15. The molecule has 0 saturated heterocycles. The first-order chi connectivity index (χ1) is 9.47. The Hall–Kier alpha value is -1.66. The largest absolute Gasteiger partial charge is 0.478 e. The van der Waals surface area contributed by atoms with Crippen LogP contribution in [-0.2, 0) is 5.75 Å². The molecule has 0 amide bonds. The standard InChI is InChI=1S/C13H12ClN3O2S/c1-7-11(13(18)19)12(17-8(2)16-7)20-6-9-3-4-15-10(14)5-9/h3-5H,6H2,1-2H3,(H,18,19). The molecule has 104 valence electrons. The summed E-state index contributed by atoms with van der Waals surface area (Å²) in [4.78, 5) is 23.5. The van der Waals surface area contributed by atoms with Crippen molar-refractivity contribution in [1.29, 1.82) is 0 Å². The molecule has 20 heavy (non-hydrogen) atoms. The Morgan fingerprint density at radius 2 is 2.15 bits per heavy atom. The minimum atomic E-state index is -1.02. The Labute approximate surface area is 125 Å². The normalized spacial score (nSPS) is 10.6. The lowest BCUT2D eigenvalue weighted by molar-refractivity contribution is 0.0690. The average Bonchev–Trinajstić information content (AvgIpc) is 2.35. The number of aromatic nitrogens is 3. The number of carbonyl (C=O) groups is 1. The maximum atomic E-state index is 11.3. The average molecular weight is 310 g/mol. The van der Waals surface area contributed by atoms with E-state index in [1.54, 1.807) is 26.1 Å². The summed E-state index contributed by atoms with van der Waals surface area (Å²) in [6.45, 7) is 3.41. The van der Waals surface area contributed by atoms with E-state index < -0.39 is 5.97 Å². The Morgan fingerprint density at radius 1 is 1.40 bits per heavy atom. The lowest BCUT2D eigenvalue weighted by Gasteiger charge is -2.08. The molecule has 2 aromatic heterocycles. The smallest absolute Gasteiger partial charge is 0.340 e. The first kappa shape index (κ1) is 14.7. The van der Waals surface area contributed by atoms with E-state index in [0.29, 0.717) is 27.5 Å². The zero-order valence-electron chi connectivity index (χ0n) is 10.9. The third-order valence-electron chi connectivity index (χ3n) is 2.55. The maximum Gasteiger partial charge on any atom is 0.340 e. The summed E-state index contributed by atoms with van der Waals surface area (Å²) in [6.07, 6.45) is 1.62. The topological polar surface area (TPSA) is 76.0 Å². The number of halogens is 1. The van der Waals surface area contributed by atoms with Crippen molar-refractivity contribution in [3.05, 3.63) is 46.1 Å². The summed E-state index contributed by atoms with van der Waals surface area (Å²) in [7, 11) is 0. The zero-order chi connectivity index (χ0) is 14.7. The number of aromatic carboxylic acids is 1. The van der Waals surface area contributed by atoms with Crippen molar-refractivity contribution in [2.75, 3.05) is 0 Å². The molecule has 0 aliphatic heterocycles. The number of pyridine rings is 1. The molecule has 0 aromatic carbocycles. The van der Waals surface area contributed by atoms with Gasteiger partial charge in [0.15, 0.2) is 0 Å². The number of hydrogen-bond donors (Lipinski definition) is 1. The molecule has 2 rings (SSSR count). The van der Waals surface area contributed by atoms with Crippen molar-refractivity contribution in [2.45, 2.75) is 24.6 Å².